The lowest BCUT2D eigenvalue weighted by Crippen LogP contribution is -2.25. The van der Waals surface area contributed by atoms with Crippen molar-refractivity contribution < 1.29 is 18.3 Å². The lowest BCUT2D eigenvalue weighted by molar-refractivity contribution is -0.138. The number of rotatable bonds is 5. The van der Waals surface area contributed by atoms with Crippen molar-refractivity contribution in [2.75, 3.05) is 17.6 Å². The van der Waals surface area contributed by atoms with E-state index >= 15 is 0 Å². The second-order valence-electron chi connectivity index (χ2n) is 4.41. The first-order valence-electron chi connectivity index (χ1n) is 5.79. The Balaban J connectivity index is 1.96. The average Bonchev–Trinajstić information content (AvgIpc) is 2.92. The van der Waals surface area contributed by atoms with Crippen molar-refractivity contribution in [3.63, 3.8) is 0 Å². The minimum atomic E-state index is -2.98. The molecular weight excluding hydrogens is 290 g/mol. The van der Waals surface area contributed by atoms with Crippen LogP contribution in [0.25, 0.3) is 0 Å². The predicted octanol–water partition coefficient (Wildman–Crippen LogP) is 0.217. The van der Waals surface area contributed by atoms with Crippen molar-refractivity contribution >= 4 is 32.3 Å². The van der Waals surface area contributed by atoms with Gasteiger partial charge in [-0.2, -0.15) is 0 Å². The van der Waals surface area contributed by atoms with E-state index in [9.17, 15) is 13.2 Å². The van der Waals surface area contributed by atoms with E-state index in [1.54, 1.807) is 5.38 Å². The van der Waals surface area contributed by atoms with Gasteiger partial charge in [-0.1, -0.05) is 0 Å². The van der Waals surface area contributed by atoms with Crippen LogP contribution in [-0.4, -0.2) is 42.0 Å². The highest BCUT2D eigenvalue weighted by Gasteiger charge is 2.31. The van der Waals surface area contributed by atoms with Crippen LogP contribution in [0.15, 0.2) is 5.38 Å². The number of nitrogens with one attached hydrogen (secondary N) is 1. The Bertz CT molecular complexity index is 569. The van der Waals surface area contributed by atoms with Gasteiger partial charge in [0.1, 0.15) is 6.04 Å². The third kappa shape index (κ3) is 3.23. The maximum atomic E-state index is 11.6. The number of anilines is 1. The lowest BCUT2D eigenvalue weighted by Gasteiger charge is -2.09. The maximum absolute atomic E-state index is 11.6. The summed E-state index contributed by atoms with van der Waals surface area (Å²) < 4.78 is 23.3. The van der Waals surface area contributed by atoms with Crippen molar-refractivity contribution in [3.8, 4) is 0 Å². The largest absolute Gasteiger partial charge is 0.480 e. The van der Waals surface area contributed by atoms with E-state index < -0.39 is 21.8 Å². The van der Waals surface area contributed by atoms with Gasteiger partial charge in [0.25, 0.3) is 0 Å². The molecule has 0 radical (unpaired) electrons. The molecule has 1 aromatic rings. The smallest absolute Gasteiger partial charge is 0.326 e. The number of hydrogen-bond donors (Lipinski definition) is 3. The second kappa shape index (κ2) is 5.43. The summed E-state index contributed by atoms with van der Waals surface area (Å²) >= 11 is 1.22. The van der Waals surface area contributed by atoms with Gasteiger partial charge in [0.15, 0.2) is 15.0 Å². The highest BCUT2D eigenvalue weighted by molar-refractivity contribution is 7.92. The summed E-state index contributed by atoms with van der Waals surface area (Å²) in [5, 5.41) is 13.4. The number of hydrogen-bond acceptors (Lipinski definition) is 7. The molecule has 0 aliphatic carbocycles. The first kappa shape index (κ1) is 14.2. The van der Waals surface area contributed by atoms with Crippen molar-refractivity contribution in [1.29, 1.82) is 0 Å². The number of thiazole rings is 1. The van der Waals surface area contributed by atoms with E-state index in [0.29, 0.717) is 24.5 Å². The van der Waals surface area contributed by atoms with Gasteiger partial charge >= 0.3 is 5.97 Å². The molecule has 2 atom stereocenters. The van der Waals surface area contributed by atoms with Gasteiger partial charge in [0, 0.05) is 11.9 Å². The van der Waals surface area contributed by atoms with Crippen LogP contribution in [0.3, 0.4) is 0 Å². The second-order valence-corrected chi connectivity index (χ2v) is 7.66. The summed E-state index contributed by atoms with van der Waals surface area (Å²) in [7, 11) is -2.98. The molecular formula is C10H15N3O4S2. The molecule has 106 valence electrons. The monoisotopic (exact) mass is 305 g/mol. The normalized spacial score (nSPS) is 23.1. The highest BCUT2D eigenvalue weighted by atomic mass is 32.2. The van der Waals surface area contributed by atoms with Crippen molar-refractivity contribution in [2.45, 2.75) is 24.1 Å². The van der Waals surface area contributed by atoms with Crippen LogP contribution >= 0.6 is 11.3 Å². The van der Waals surface area contributed by atoms with Crippen LogP contribution in [0.5, 0.6) is 0 Å². The lowest BCUT2D eigenvalue weighted by atomic mass is 10.2. The molecule has 1 aliphatic rings. The molecule has 0 spiro atoms. The van der Waals surface area contributed by atoms with Crippen molar-refractivity contribution in [1.82, 2.24) is 4.98 Å². The minimum absolute atomic E-state index is 0.242. The number of sulfone groups is 1. The van der Waals surface area contributed by atoms with Gasteiger partial charge in [-0.15, -0.1) is 11.3 Å². The number of carboxylic acids is 1. The van der Waals surface area contributed by atoms with E-state index in [4.69, 9.17) is 10.8 Å². The zero-order valence-corrected chi connectivity index (χ0v) is 11.7. The first-order chi connectivity index (χ1) is 8.90. The number of nitrogens with zero attached hydrogens (tertiary/aromatic N) is 1. The molecule has 2 rings (SSSR count). The zero-order valence-electron chi connectivity index (χ0n) is 10.1. The summed E-state index contributed by atoms with van der Waals surface area (Å²) in [5.74, 6) is -0.901. The molecule has 1 fully saturated rings. The van der Waals surface area contributed by atoms with E-state index in [1.807, 2.05) is 0 Å². The zero-order chi connectivity index (χ0) is 14.0. The Kier molecular flexibility index (Phi) is 4.07. The van der Waals surface area contributed by atoms with Gasteiger partial charge in [-0.3, -0.25) is 4.79 Å². The molecule has 1 saturated heterocycles. The highest BCUT2D eigenvalue weighted by Crippen LogP contribution is 2.23. The van der Waals surface area contributed by atoms with E-state index in [0.717, 1.165) is 0 Å². The standard InChI is InChI=1S/C10H15N3O4S2/c11-8(9(14)15)7-5-18-10(13-7)12-4-6-2-1-3-19(6,16)17/h5-6,8H,1-4,11H2,(H,12,13)(H,14,15). The Hall–Kier alpha value is -1.19. The number of carboxylic acid groups (broad SMARTS) is 1. The third-order valence-electron chi connectivity index (χ3n) is 3.05. The van der Waals surface area contributed by atoms with Gasteiger partial charge in [-0.25, -0.2) is 13.4 Å². The summed E-state index contributed by atoms with van der Waals surface area (Å²) in [5.41, 5.74) is 5.71. The van der Waals surface area contributed by atoms with Gasteiger partial charge in [-0.05, 0) is 12.8 Å². The molecule has 1 aliphatic heterocycles. The molecule has 19 heavy (non-hydrogen) atoms. The maximum Gasteiger partial charge on any atom is 0.326 e. The predicted molar refractivity (Wildman–Crippen MR) is 72.0 cm³/mol. The minimum Gasteiger partial charge on any atom is -0.480 e. The van der Waals surface area contributed by atoms with Crippen LogP contribution < -0.4 is 11.1 Å². The fourth-order valence-electron chi connectivity index (χ4n) is 1.93. The van der Waals surface area contributed by atoms with E-state index in [1.165, 1.54) is 11.3 Å². The fourth-order valence-corrected chi connectivity index (χ4v) is 4.45. The molecule has 4 N–H and O–H groups in total. The Morgan fingerprint density at radius 2 is 2.42 bits per heavy atom. The van der Waals surface area contributed by atoms with Crippen LogP contribution in [0, 0.1) is 0 Å². The number of nitrogens with two attached hydrogens (primary N) is 1. The summed E-state index contributed by atoms with van der Waals surface area (Å²) in [6.45, 7) is 0.303. The molecule has 0 bridgehead atoms. The molecule has 1 aromatic heterocycles. The van der Waals surface area contributed by atoms with Crippen LogP contribution in [-0.2, 0) is 14.6 Å². The Morgan fingerprint density at radius 3 is 3.00 bits per heavy atom. The van der Waals surface area contributed by atoms with Crippen molar-refractivity contribution in [2.24, 2.45) is 5.73 Å². The summed E-state index contributed by atoms with van der Waals surface area (Å²) in [6.07, 6.45) is 1.35. The molecule has 0 amide bonds. The molecule has 0 aromatic carbocycles. The number of aliphatic carboxylic acids is 1. The van der Waals surface area contributed by atoms with Crippen LogP contribution in [0.4, 0.5) is 5.13 Å². The summed E-state index contributed by atoms with van der Waals surface area (Å²) in [6, 6.07) is -1.15. The van der Waals surface area contributed by atoms with E-state index in [-0.39, 0.29) is 16.7 Å². The van der Waals surface area contributed by atoms with Gasteiger partial charge in [0.2, 0.25) is 0 Å². The van der Waals surface area contributed by atoms with Crippen LogP contribution in [0.2, 0.25) is 0 Å². The molecule has 9 heteroatoms. The Labute approximate surface area is 114 Å². The number of aromatic nitrogens is 1. The van der Waals surface area contributed by atoms with Crippen LogP contribution in [0.1, 0.15) is 24.6 Å². The topological polar surface area (TPSA) is 122 Å². The van der Waals surface area contributed by atoms with Crippen molar-refractivity contribution in [3.05, 3.63) is 11.1 Å². The summed E-state index contributed by atoms with van der Waals surface area (Å²) in [4.78, 5) is 14.7. The third-order valence-corrected chi connectivity index (χ3v) is 6.14. The quantitative estimate of drug-likeness (QED) is 0.711. The molecule has 0 saturated carbocycles. The average molecular weight is 305 g/mol. The SMILES string of the molecule is NC(C(=O)O)c1csc(NCC2CCCS2(=O)=O)n1. The first-order valence-corrected chi connectivity index (χ1v) is 8.39. The molecule has 2 unspecified atom stereocenters. The fraction of sp³-hybridized carbons (Fsp3) is 0.600. The molecule has 7 nitrogen and oxygen atoms in total. The molecule has 2 heterocycles. The number of carbonyl (C=O) groups is 1. The van der Waals surface area contributed by atoms with E-state index in [2.05, 4.69) is 10.3 Å². The van der Waals surface area contributed by atoms with Gasteiger partial charge < -0.3 is 16.2 Å². The Morgan fingerprint density at radius 1 is 1.68 bits per heavy atom. The van der Waals surface area contributed by atoms with Gasteiger partial charge in [0.05, 0.1) is 16.7 Å².